The van der Waals surface area contributed by atoms with Crippen molar-refractivity contribution < 1.29 is 0 Å². The van der Waals surface area contributed by atoms with Gasteiger partial charge in [0.2, 0.25) is 0 Å². The molecule has 0 radical (unpaired) electrons. The quantitative estimate of drug-likeness (QED) is 0.742. The second kappa shape index (κ2) is 7.45. The van der Waals surface area contributed by atoms with Crippen molar-refractivity contribution in [1.82, 2.24) is 0 Å². The van der Waals surface area contributed by atoms with Gasteiger partial charge in [-0.25, -0.2) is 0 Å². The standard InChI is InChI=1S/C17H27N/c1-2-8-16-11-6-7-12-17(16)18-14-13-15-9-4-3-5-10-15/h6-7,11-12,15,18H,2-5,8-10,13-14H2,1H3. The molecule has 1 aromatic carbocycles. The topological polar surface area (TPSA) is 12.0 Å². The van der Waals surface area contributed by atoms with Crippen LogP contribution in [0, 0.1) is 5.92 Å². The Morgan fingerprint density at radius 2 is 1.89 bits per heavy atom. The number of nitrogens with one attached hydrogen (secondary N) is 1. The Bertz CT molecular complexity index is 339. The number of rotatable bonds is 6. The average Bonchev–Trinajstić information content (AvgIpc) is 2.42. The predicted molar refractivity (Wildman–Crippen MR) is 80.1 cm³/mol. The van der Waals surface area contributed by atoms with E-state index in [1.54, 1.807) is 0 Å². The number of para-hydroxylation sites is 1. The highest BCUT2D eigenvalue weighted by Gasteiger charge is 2.12. The minimum atomic E-state index is 0.976. The predicted octanol–water partition coefficient (Wildman–Crippen LogP) is 5.02. The first-order valence-corrected chi connectivity index (χ1v) is 7.72. The molecule has 1 heteroatoms. The number of anilines is 1. The zero-order chi connectivity index (χ0) is 12.6. The summed E-state index contributed by atoms with van der Waals surface area (Å²) in [6.45, 7) is 3.39. The van der Waals surface area contributed by atoms with E-state index < -0.39 is 0 Å². The van der Waals surface area contributed by atoms with Gasteiger partial charge in [-0.1, -0.05) is 63.6 Å². The summed E-state index contributed by atoms with van der Waals surface area (Å²) >= 11 is 0. The fraction of sp³-hybridized carbons (Fsp3) is 0.647. The van der Waals surface area contributed by atoms with Crippen molar-refractivity contribution in [2.24, 2.45) is 5.92 Å². The molecule has 0 unspecified atom stereocenters. The zero-order valence-corrected chi connectivity index (χ0v) is 11.8. The highest BCUT2D eigenvalue weighted by molar-refractivity contribution is 5.51. The molecule has 1 fully saturated rings. The molecule has 0 atom stereocenters. The lowest BCUT2D eigenvalue weighted by atomic mass is 9.87. The molecule has 0 spiro atoms. The summed E-state index contributed by atoms with van der Waals surface area (Å²) < 4.78 is 0. The van der Waals surface area contributed by atoms with Gasteiger partial charge in [-0.2, -0.15) is 0 Å². The molecule has 0 aromatic heterocycles. The van der Waals surface area contributed by atoms with Gasteiger partial charge in [0.25, 0.3) is 0 Å². The van der Waals surface area contributed by atoms with Crippen molar-refractivity contribution in [1.29, 1.82) is 0 Å². The SMILES string of the molecule is CCCc1ccccc1NCCC1CCCCC1. The van der Waals surface area contributed by atoms with Crippen molar-refractivity contribution in [2.75, 3.05) is 11.9 Å². The molecule has 1 aromatic rings. The van der Waals surface area contributed by atoms with E-state index in [4.69, 9.17) is 0 Å². The molecule has 2 rings (SSSR count). The molecule has 0 heterocycles. The molecule has 1 aliphatic rings. The normalized spacial score (nSPS) is 16.7. The summed E-state index contributed by atoms with van der Waals surface area (Å²) in [7, 11) is 0. The van der Waals surface area contributed by atoms with Gasteiger partial charge in [-0.3, -0.25) is 0 Å². The smallest absolute Gasteiger partial charge is 0.0372 e. The molecule has 1 saturated carbocycles. The van der Waals surface area contributed by atoms with Crippen LogP contribution in [0.4, 0.5) is 5.69 Å². The summed E-state index contributed by atoms with van der Waals surface area (Å²) in [4.78, 5) is 0. The van der Waals surface area contributed by atoms with Crippen LogP contribution in [0.15, 0.2) is 24.3 Å². The van der Waals surface area contributed by atoms with E-state index in [1.807, 2.05) is 0 Å². The maximum absolute atomic E-state index is 3.65. The third-order valence-corrected chi connectivity index (χ3v) is 4.13. The Balaban J connectivity index is 1.78. The number of hydrogen-bond donors (Lipinski definition) is 1. The first-order valence-electron chi connectivity index (χ1n) is 7.72. The van der Waals surface area contributed by atoms with E-state index in [1.165, 1.54) is 62.6 Å². The van der Waals surface area contributed by atoms with Crippen LogP contribution in [-0.4, -0.2) is 6.54 Å². The van der Waals surface area contributed by atoms with E-state index >= 15 is 0 Å². The van der Waals surface area contributed by atoms with Crippen molar-refractivity contribution in [3.63, 3.8) is 0 Å². The Kier molecular flexibility index (Phi) is 5.57. The third-order valence-electron chi connectivity index (χ3n) is 4.13. The summed E-state index contributed by atoms with van der Waals surface area (Å²) in [5.74, 6) is 0.976. The van der Waals surface area contributed by atoms with Gasteiger partial charge in [0.1, 0.15) is 0 Å². The summed E-state index contributed by atoms with van der Waals surface area (Å²) in [5, 5.41) is 3.65. The first-order chi connectivity index (χ1) is 8.90. The number of benzene rings is 1. The van der Waals surface area contributed by atoms with Gasteiger partial charge in [-0.05, 0) is 30.4 Å². The monoisotopic (exact) mass is 245 g/mol. The number of aryl methyl sites for hydroxylation is 1. The van der Waals surface area contributed by atoms with Crippen LogP contribution in [0.5, 0.6) is 0 Å². The van der Waals surface area contributed by atoms with E-state index in [-0.39, 0.29) is 0 Å². The minimum Gasteiger partial charge on any atom is -0.385 e. The van der Waals surface area contributed by atoms with E-state index in [2.05, 4.69) is 36.5 Å². The third kappa shape index (κ3) is 4.04. The Labute approximate surface area is 112 Å². The maximum Gasteiger partial charge on any atom is 0.0372 e. The van der Waals surface area contributed by atoms with Gasteiger partial charge in [0.15, 0.2) is 0 Å². The Hall–Kier alpha value is -0.980. The van der Waals surface area contributed by atoms with Crippen LogP contribution in [0.2, 0.25) is 0 Å². The van der Waals surface area contributed by atoms with Crippen LogP contribution in [0.1, 0.15) is 57.4 Å². The molecule has 0 amide bonds. The Morgan fingerprint density at radius 1 is 1.11 bits per heavy atom. The molecule has 0 bridgehead atoms. The lowest BCUT2D eigenvalue weighted by molar-refractivity contribution is 0.345. The van der Waals surface area contributed by atoms with Gasteiger partial charge >= 0.3 is 0 Å². The lowest BCUT2D eigenvalue weighted by Gasteiger charge is -2.22. The average molecular weight is 245 g/mol. The molecule has 18 heavy (non-hydrogen) atoms. The van der Waals surface area contributed by atoms with Crippen LogP contribution < -0.4 is 5.32 Å². The molecular formula is C17H27N. The zero-order valence-electron chi connectivity index (χ0n) is 11.8. The summed E-state index contributed by atoms with van der Waals surface area (Å²) in [5.41, 5.74) is 2.83. The van der Waals surface area contributed by atoms with Gasteiger partial charge in [0.05, 0.1) is 0 Å². The molecule has 0 aliphatic heterocycles. The molecule has 100 valence electrons. The summed E-state index contributed by atoms with van der Waals surface area (Å²) in [6.07, 6.45) is 11.0. The second-order valence-electron chi connectivity index (χ2n) is 5.63. The van der Waals surface area contributed by atoms with Crippen LogP contribution >= 0.6 is 0 Å². The largest absolute Gasteiger partial charge is 0.385 e. The van der Waals surface area contributed by atoms with Gasteiger partial charge < -0.3 is 5.32 Å². The van der Waals surface area contributed by atoms with Crippen molar-refractivity contribution in [3.05, 3.63) is 29.8 Å². The lowest BCUT2D eigenvalue weighted by Crippen LogP contribution is -2.12. The maximum atomic E-state index is 3.65. The first kappa shape index (κ1) is 13.5. The molecule has 1 aliphatic carbocycles. The van der Waals surface area contributed by atoms with Crippen molar-refractivity contribution in [2.45, 2.75) is 58.3 Å². The summed E-state index contributed by atoms with van der Waals surface area (Å²) in [6, 6.07) is 8.78. The second-order valence-corrected chi connectivity index (χ2v) is 5.63. The van der Waals surface area contributed by atoms with Crippen LogP contribution in [0.3, 0.4) is 0 Å². The number of hydrogen-bond acceptors (Lipinski definition) is 1. The van der Waals surface area contributed by atoms with Gasteiger partial charge in [0, 0.05) is 12.2 Å². The molecule has 1 N–H and O–H groups in total. The molecule has 1 nitrogen and oxygen atoms in total. The van der Waals surface area contributed by atoms with Gasteiger partial charge in [-0.15, -0.1) is 0 Å². The Morgan fingerprint density at radius 3 is 2.67 bits per heavy atom. The highest BCUT2D eigenvalue weighted by atomic mass is 14.9. The van der Waals surface area contributed by atoms with Crippen LogP contribution in [-0.2, 0) is 6.42 Å². The highest BCUT2D eigenvalue weighted by Crippen LogP contribution is 2.26. The van der Waals surface area contributed by atoms with E-state index in [9.17, 15) is 0 Å². The fourth-order valence-corrected chi connectivity index (χ4v) is 3.07. The minimum absolute atomic E-state index is 0.976. The van der Waals surface area contributed by atoms with E-state index in [0.29, 0.717) is 0 Å². The molecule has 0 saturated heterocycles. The van der Waals surface area contributed by atoms with Crippen molar-refractivity contribution in [3.8, 4) is 0 Å². The van der Waals surface area contributed by atoms with Crippen molar-refractivity contribution >= 4 is 5.69 Å². The van der Waals surface area contributed by atoms with E-state index in [0.717, 1.165) is 12.5 Å². The van der Waals surface area contributed by atoms with Crippen LogP contribution in [0.25, 0.3) is 0 Å². The molecular weight excluding hydrogens is 218 g/mol. The fourth-order valence-electron chi connectivity index (χ4n) is 3.07.